The van der Waals surface area contributed by atoms with Crippen molar-refractivity contribution < 1.29 is 13.5 Å². The van der Waals surface area contributed by atoms with Gasteiger partial charge in [0.1, 0.15) is 29.3 Å². The van der Waals surface area contributed by atoms with Crippen LogP contribution in [0.25, 0.3) is 0 Å². The largest absolute Gasteiger partial charge is 0.488 e. The summed E-state index contributed by atoms with van der Waals surface area (Å²) in [5.41, 5.74) is 12.1. The molecule has 1 aromatic heterocycles. The highest BCUT2D eigenvalue weighted by Gasteiger charge is 2.31. The molecule has 1 aliphatic rings. The van der Waals surface area contributed by atoms with Gasteiger partial charge in [-0.25, -0.2) is 18.8 Å². The standard InChI is InChI=1S/C19H18F2N8O/c1-2-3-4-30-16-11(20)5-9(6-12(16)21)15-13-14(24)10(7-22)17(25)28-18(13)29-19(27-15)26-8-23/h5-6,15H,2-4H2,1H3,(H6,24,25,26,27,28,29). The minimum Gasteiger partial charge on any atom is -0.488 e. The molecule has 1 atom stereocenters. The molecular weight excluding hydrogens is 394 g/mol. The first kappa shape index (κ1) is 20.6. The molecule has 1 aliphatic heterocycles. The fraction of sp³-hybridized carbons (Fsp3) is 0.263. The van der Waals surface area contributed by atoms with Gasteiger partial charge in [0.25, 0.3) is 0 Å². The van der Waals surface area contributed by atoms with Crippen molar-refractivity contribution >= 4 is 23.3 Å². The van der Waals surface area contributed by atoms with Crippen LogP contribution in [0.2, 0.25) is 0 Å². The Kier molecular flexibility index (Phi) is 5.83. The lowest BCUT2D eigenvalue weighted by atomic mass is 9.95. The van der Waals surface area contributed by atoms with Crippen molar-refractivity contribution in [2.45, 2.75) is 25.8 Å². The van der Waals surface area contributed by atoms with E-state index >= 15 is 0 Å². The van der Waals surface area contributed by atoms with Gasteiger partial charge < -0.3 is 21.5 Å². The Morgan fingerprint density at radius 3 is 2.57 bits per heavy atom. The number of guanidine groups is 1. The third-order valence-corrected chi connectivity index (χ3v) is 4.44. The van der Waals surface area contributed by atoms with E-state index in [0.29, 0.717) is 6.42 Å². The molecule has 0 saturated carbocycles. The number of halogens is 2. The lowest BCUT2D eigenvalue weighted by molar-refractivity contribution is 0.278. The van der Waals surface area contributed by atoms with Crippen LogP contribution in [-0.2, 0) is 0 Å². The van der Waals surface area contributed by atoms with E-state index in [2.05, 4.69) is 20.6 Å². The number of hydrogen-bond acceptors (Lipinski definition) is 9. The third-order valence-electron chi connectivity index (χ3n) is 4.44. The number of rotatable bonds is 5. The second-order valence-electron chi connectivity index (χ2n) is 6.42. The number of nitrogens with one attached hydrogen (secondary N) is 2. The highest BCUT2D eigenvalue weighted by atomic mass is 19.1. The lowest BCUT2D eigenvalue weighted by Gasteiger charge is -2.26. The molecule has 30 heavy (non-hydrogen) atoms. The van der Waals surface area contributed by atoms with Gasteiger partial charge in [0.2, 0.25) is 5.96 Å². The maximum atomic E-state index is 14.6. The number of nitrogens with zero attached hydrogens (tertiary/aromatic N) is 4. The first-order valence-electron chi connectivity index (χ1n) is 9.01. The van der Waals surface area contributed by atoms with Gasteiger partial charge in [-0.3, -0.25) is 5.32 Å². The maximum absolute atomic E-state index is 14.6. The molecule has 1 aromatic carbocycles. The molecule has 9 nitrogen and oxygen atoms in total. The van der Waals surface area contributed by atoms with Crippen molar-refractivity contribution in [3.63, 3.8) is 0 Å². The summed E-state index contributed by atoms with van der Waals surface area (Å²) in [4.78, 5) is 8.35. The molecule has 0 spiro atoms. The monoisotopic (exact) mass is 412 g/mol. The van der Waals surface area contributed by atoms with Crippen molar-refractivity contribution in [1.82, 2.24) is 10.3 Å². The van der Waals surface area contributed by atoms with Crippen LogP contribution in [0.4, 0.5) is 26.1 Å². The Bertz CT molecular complexity index is 1080. The van der Waals surface area contributed by atoms with E-state index in [-0.39, 0.29) is 46.6 Å². The van der Waals surface area contributed by atoms with Gasteiger partial charge in [0, 0.05) is 5.56 Å². The Morgan fingerprint density at radius 2 is 1.97 bits per heavy atom. The van der Waals surface area contributed by atoms with Gasteiger partial charge in [-0.05, 0) is 24.1 Å². The second kappa shape index (κ2) is 8.49. The molecule has 6 N–H and O–H groups in total. The number of nitrogens with two attached hydrogens (primary N) is 2. The molecule has 154 valence electrons. The molecule has 3 rings (SSSR count). The quantitative estimate of drug-likeness (QED) is 0.331. The predicted octanol–water partition coefficient (Wildman–Crippen LogP) is 2.52. The summed E-state index contributed by atoms with van der Waals surface area (Å²) >= 11 is 0. The molecule has 0 aliphatic carbocycles. The molecule has 1 unspecified atom stereocenters. The number of benzene rings is 1. The maximum Gasteiger partial charge on any atom is 0.211 e. The number of pyridine rings is 1. The summed E-state index contributed by atoms with van der Waals surface area (Å²) in [7, 11) is 0. The van der Waals surface area contributed by atoms with Crippen molar-refractivity contribution in [2.75, 3.05) is 23.4 Å². The molecule has 2 heterocycles. The van der Waals surface area contributed by atoms with Crippen LogP contribution < -0.4 is 26.8 Å². The summed E-state index contributed by atoms with van der Waals surface area (Å²) in [6.45, 7) is 2.11. The molecule has 0 radical (unpaired) electrons. The van der Waals surface area contributed by atoms with E-state index in [1.807, 2.05) is 13.0 Å². The van der Waals surface area contributed by atoms with E-state index in [9.17, 15) is 14.0 Å². The smallest absolute Gasteiger partial charge is 0.211 e. The van der Waals surface area contributed by atoms with Gasteiger partial charge >= 0.3 is 0 Å². The number of fused-ring (bicyclic) bond motifs is 1. The number of nitriles is 2. The zero-order chi connectivity index (χ0) is 21.8. The normalized spacial score (nSPS) is 14.6. The average Bonchev–Trinajstić information content (AvgIpc) is 2.69. The first-order valence-corrected chi connectivity index (χ1v) is 9.01. The van der Waals surface area contributed by atoms with Gasteiger partial charge in [-0.15, -0.1) is 0 Å². The zero-order valence-electron chi connectivity index (χ0n) is 16.0. The van der Waals surface area contributed by atoms with Crippen molar-refractivity contribution in [1.29, 1.82) is 10.5 Å². The van der Waals surface area contributed by atoms with Gasteiger partial charge in [0.05, 0.1) is 12.3 Å². The van der Waals surface area contributed by atoms with Crippen LogP contribution >= 0.6 is 0 Å². The molecule has 11 heteroatoms. The van der Waals surface area contributed by atoms with E-state index in [0.717, 1.165) is 18.6 Å². The number of anilines is 3. The Balaban J connectivity index is 2.13. The summed E-state index contributed by atoms with van der Waals surface area (Å²) in [6, 6.07) is 2.95. The van der Waals surface area contributed by atoms with Crippen LogP contribution in [0.3, 0.4) is 0 Å². The van der Waals surface area contributed by atoms with Gasteiger partial charge in [0.15, 0.2) is 23.6 Å². The molecule has 0 fully saturated rings. The van der Waals surface area contributed by atoms with Crippen LogP contribution in [0.1, 0.15) is 42.5 Å². The fourth-order valence-corrected chi connectivity index (χ4v) is 3.02. The Labute approximate surface area is 171 Å². The summed E-state index contributed by atoms with van der Waals surface area (Å²) in [5, 5.41) is 23.3. The highest BCUT2D eigenvalue weighted by molar-refractivity contribution is 5.98. The Hall–Kier alpha value is -4.12. The minimum atomic E-state index is -1.05. The SMILES string of the molecule is CCCCOc1c(F)cc(C2N=C(NC#N)Nc3nc(N)c(C#N)c(N)c32)cc1F. The topological polar surface area (TPSA) is 158 Å². The van der Waals surface area contributed by atoms with Crippen LogP contribution in [0.5, 0.6) is 5.75 Å². The van der Waals surface area contributed by atoms with E-state index in [1.54, 1.807) is 6.19 Å². The predicted molar refractivity (Wildman–Crippen MR) is 106 cm³/mol. The van der Waals surface area contributed by atoms with Crippen LogP contribution in [-0.4, -0.2) is 17.6 Å². The fourth-order valence-electron chi connectivity index (χ4n) is 3.02. The third kappa shape index (κ3) is 3.73. The zero-order valence-corrected chi connectivity index (χ0v) is 16.0. The molecular formula is C19H18F2N8O. The number of hydrogen-bond donors (Lipinski definition) is 4. The summed E-state index contributed by atoms with van der Waals surface area (Å²) < 4.78 is 34.4. The van der Waals surface area contributed by atoms with Crippen molar-refractivity contribution in [3.05, 3.63) is 40.5 Å². The van der Waals surface area contributed by atoms with Crippen molar-refractivity contribution in [2.24, 2.45) is 4.99 Å². The molecule has 2 aromatic rings. The molecule has 0 bridgehead atoms. The van der Waals surface area contributed by atoms with E-state index < -0.39 is 23.4 Å². The van der Waals surface area contributed by atoms with E-state index in [4.69, 9.17) is 21.5 Å². The highest BCUT2D eigenvalue weighted by Crippen LogP contribution is 2.41. The lowest BCUT2D eigenvalue weighted by Crippen LogP contribution is -2.32. The number of unbranched alkanes of at least 4 members (excludes halogenated alkanes) is 1. The number of aromatic nitrogens is 1. The van der Waals surface area contributed by atoms with Crippen LogP contribution in [0, 0.1) is 34.4 Å². The second-order valence-corrected chi connectivity index (χ2v) is 6.42. The number of aliphatic imine (C=N–C) groups is 1. The summed E-state index contributed by atoms with van der Waals surface area (Å²) in [6.07, 6.45) is 3.16. The van der Waals surface area contributed by atoms with E-state index in [1.165, 1.54) is 0 Å². The Morgan fingerprint density at radius 1 is 1.27 bits per heavy atom. The summed E-state index contributed by atoms with van der Waals surface area (Å²) in [5.74, 6) is -2.33. The average molecular weight is 412 g/mol. The van der Waals surface area contributed by atoms with Crippen LogP contribution in [0.15, 0.2) is 17.1 Å². The van der Waals surface area contributed by atoms with Gasteiger partial charge in [-0.2, -0.15) is 10.5 Å². The number of nitrogen functional groups attached to an aromatic ring is 2. The number of ether oxygens (including phenoxy) is 1. The molecule has 0 amide bonds. The minimum absolute atomic E-state index is 0.0184. The van der Waals surface area contributed by atoms with Crippen molar-refractivity contribution in [3.8, 4) is 18.0 Å². The molecule has 0 saturated heterocycles. The first-order chi connectivity index (χ1) is 14.4. The van der Waals surface area contributed by atoms with Gasteiger partial charge in [-0.1, -0.05) is 13.3 Å².